The third-order valence-corrected chi connectivity index (χ3v) is 4.94. The molecule has 0 saturated heterocycles. The van der Waals surface area contributed by atoms with E-state index in [-0.39, 0.29) is 12.1 Å². The number of hydrogen-bond donors (Lipinski definition) is 0. The lowest BCUT2D eigenvalue weighted by Gasteiger charge is -2.20. The third-order valence-electron chi connectivity index (χ3n) is 4.71. The lowest BCUT2D eigenvalue weighted by molar-refractivity contribution is -0.149. The molecule has 1 heterocycles. The molecule has 6 nitrogen and oxygen atoms in total. The number of ether oxygens (including phenoxy) is 3. The Morgan fingerprint density at radius 1 is 1.41 bits per heavy atom. The lowest BCUT2D eigenvalue weighted by Crippen LogP contribution is -2.31. The van der Waals surface area contributed by atoms with Crippen molar-refractivity contribution >= 4 is 23.3 Å². The number of halogens is 1. The molecule has 7 heteroatoms. The van der Waals surface area contributed by atoms with Crippen molar-refractivity contribution in [2.75, 3.05) is 20.3 Å². The standard InChI is InChI=1S/C20H26ClNO5/c1-3-4-9-25-18-12-26-22-19(18)15-11-14(21)7-8-16(15)27-17(20(23)24-2)10-13-5-6-13/h7-8,11,13,17-18H,3-6,9-10,12H2,1-2H3/t17-,18?/m0/s1. The summed E-state index contributed by atoms with van der Waals surface area (Å²) < 4.78 is 16.9. The summed E-state index contributed by atoms with van der Waals surface area (Å²) in [6, 6.07) is 5.26. The Morgan fingerprint density at radius 2 is 2.22 bits per heavy atom. The summed E-state index contributed by atoms with van der Waals surface area (Å²) in [5.74, 6) is 0.675. The first-order valence-corrected chi connectivity index (χ1v) is 9.86. The van der Waals surface area contributed by atoms with E-state index in [0.717, 1.165) is 25.7 Å². The maximum Gasteiger partial charge on any atom is 0.347 e. The Balaban J connectivity index is 1.80. The fourth-order valence-electron chi connectivity index (χ4n) is 2.97. The van der Waals surface area contributed by atoms with E-state index in [4.69, 9.17) is 30.6 Å². The third kappa shape index (κ3) is 5.36. The highest BCUT2D eigenvalue weighted by Gasteiger charge is 2.33. The summed E-state index contributed by atoms with van der Waals surface area (Å²) in [6.45, 7) is 3.10. The molecule has 0 amide bonds. The first kappa shape index (κ1) is 20.0. The van der Waals surface area contributed by atoms with Gasteiger partial charge in [-0.15, -0.1) is 0 Å². The second-order valence-corrected chi connectivity index (χ2v) is 7.37. The second kappa shape index (κ2) is 9.42. The number of benzene rings is 1. The van der Waals surface area contributed by atoms with Gasteiger partial charge in [-0.3, -0.25) is 0 Å². The van der Waals surface area contributed by atoms with E-state index in [1.54, 1.807) is 18.2 Å². The molecule has 0 aromatic heterocycles. The largest absolute Gasteiger partial charge is 0.478 e. The molecule has 1 unspecified atom stereocenters. The van der Waals surface area contributed by atoms with Gasteiger partial charge in [-0.25, -0.2) is 4.79 Å². The minimum atomic E-state index is -0.648. The second-order valence-electron chi connectivity index (χ2n) is 6.93. The van der Waals surface area contributed by atoms with Crippen LogP contribution in [0.5, 0.6) is 5.75 Å². The predicted octanol–water partition coefficient (Wildman–Crippen LogP) is 3.98. The number of carbonyl (C=O) groups excluding carboxylic acids is 1. The Hall–Kier alpha value is -1.79. The van der Waals surface area contributed by atoms with Crippen LogP contribution < -0.4 is 4.74 Å². The van der Waals surface area contributed by atoms with Crippen LogP contribution in [0.4, 0.5) is 0 Å². The molecule has 2 aliphatic rings. The van der Waals surface area contributed by atoms with Crippen molar-refractivity contribution in [2.24, 2.45) is 11.1 Å². The van der Waals surface area contributed by atoms with Crippen LogP contribution in [-0.4, -0.2) is 44.2 Å². The molecule has 3 rings (SSSR count). The molecule has 148 valence electrons. The number of hydrogen-bond acceptors (Lipinski definition) is 6. The molecule has 2 atom stereocenters. The molecule has 1 aliphatic heterocycles. The smallest absolute Gasteiger partial charge is 0.347 e. The van der Waals surface area contributed by atoms with Gasteiger partial charge < -0.3 is 19.0 Å². The quantitative estimate of drug-likeness (QED) is 0.443. The maximum absolute atomic E-state index is 12.2. The van der Waals surface area contributed by atoms with E-state index in [0.29, 0.717) is 47.6 Å². The summed E-state index contributed by atoms with van der Waals surface area (Å²) in [4.78, 5) is 17.4. The molecule has 1 aromatic rings. The highest BCUT2D eigenvalue weighted by molar-refractivity contribution is 6.31. The Kier molecular flexibility index (Phi) is 6.96. The van der Waals surface area contributed by atoms with Crippen LogP contribution in [0, 0.1) is 5.92 Å². The fourth-order valence-corrected chi connectivity index (χ4v) is 3.14. The Labute approximate surface area is 164 Å². The van der Waals surface area contributed by atoms with Crippen LogP contribution in [0.25, 0.3) is 0 Å². The van der Waals surface area contributed by atoms with Crippen molar-refractivity contribution < 1.29 is 23.8 Å². The number of methoxy groups -OCH3 is 1. The van der Waals surface area contributed by atoms with E-state index in [1.807, 2.05) is 0 Å². The molecular formula is C20H26ClNO5. The zero-order chi connectivity index (χ0) is 19.2. The van der Waals surface area contributed by atoms with Crippen LogP contribution >= 0.6 is 11.6 Å². The van der Waals surface area contributed by atoms with Crippen LogP contribution in [0.3, 0.4) is 0 Å². The minimum Gasteiger partial charge on any atom is -0.478 e. The molecule has 27 heavy (non-hydrogen) atoms. The highest BCUT2D eigenvalue weighted by atomic mass is 35.5. The van der Waals surface area contributed by atoms with Crippen molar-refractivity contribution in [1.82, 2.24) is 0 Å². The fraction of sp³-hybridized carbons (Fsp3) is 0.600. The van der Waals surface area contributed by atoms with E-state index in [9.17, 15) is 4.79 Å². The van der Waals surface area contributed by atoms with Crippen LogP contribution in [-0.2, 0) is 19.1 Å². The predicted molar refractivity (Wildman–Crippen MR) is 102 cm³/mol. The summed E-state index contributed by atoms with van der Waals surface area (Å²) in [5, 5.41) is 4.70. The first-order chi connectivity index (χ1) is 13.1. The van der Waals surface area contributed by atoms with Gasteiger partial charge in [0.1, 0.15) is 24.2 Å². The van der Waals surface area contributed by atoms with Crippen molar-refractivity contribution in [3.8, 4) is 5.75 Å². The van der Waals surface area contributed by atoms with Crippen LogP contribution in [0.2, 0.25) is 5.02 Å². The number of oxime groups is 1. The molecule has 0 N–H and O–H groups in total. The zero-order valence-corrected chi connectivity index (χ0v) is 16.5. The lowest BCUT2D eigenvalue weighted by atomic mass is 10.0. The van der Waals surface area contributed by atoms with Gasteiger partial charge in [0, 0.05) is 17.2 Å². The molecule has 1 aromatic carbocycles. The topological polar surface area (TPSA) is 66.3 Å². The van der Waals surface area contributed by atoms with Crippen molar-refractivity contribution in [1.29, 1.82) is 0 Å². The SMILES string of the molecule is CCCCOC1CON=C1c1cc(Cl)ccc1O[C@@H](CC1CC1)C(=O)OC. The first-order valence-electron chi connectivity index (χ1n) is 9.48. The Morgan fingerprint density at radius 3 is 2.93 bits per heavy atom. The zero-order valence-electron chi connectivity index (χ0n) is 15.8. The molecule has 1 saturated carbocycles. The number of carbonyl (C=O) groups is 1. The molecule has 1 aliphatic carbocycles. The normalized spacial score (nSPS) is 20.0. The molecular weight excluding hydrogens is 370 g/mol. The van der Waals surface area contributed by atoms with Gasteiger partial charge in [-0.05, 0) is 37.0 Å². The average molecular weight is 396 g/mol. The summed E-state index contributed by atoms with van der Waals surface area (Å²) in [6.07, 6.45) is 3.98. The van der Waals surface area contributed by atoms with Gasteiger partial charge in [0.25, 0.3) is 0 Å². The van der Waals surface area contributed by atoms with Crippen LogP contribution in [0.15, 0.2) is 23.4 Å². The van der Waals surface area contributed by atoms with E-state index >= 15 is 0 Å². The minimum absolute atomic E-state index is 0.280. The summed E-state index contributed by atoms with van der Waals surface area (Å²) in [5.41, 5.74) is 1.32. The van der Waals surface area contributed by atoms with E-state index < -0.39 is 6.10 Å². The maximum atomic E-state index is 12.2. The van der Waals surface area contributed by atoms with E-state index in [2.05, 4.69) is 12.1 Å². The van der Waals surface area contributed by atoms with E-state index in [1.165, 1.54) is 7.11 Å². The molecule has 1 fully saturated rings. The van der Waals surface area contributed by atoms with Gasteiger partial charge in [0.2, 0.25) is 0 Å². The van der Waals surface area contributed by atoms with Gasteiger partial charge in [-0.2, -0.15) is 0 Å². The van der Waals surface area contributed by atoms with Gasteiger partial charge in [-0.1, -0.05) is 42.9 Å². The van der Waals surface area contributed by atoms with Gasteiger partial charge in [0.15, 0.2) is 6.10 Å². The number of unbranched alkanes of at least 4 members (excludes halogenated alkanes) is 1. The highest BCUT2D eigenvalue weighted by Crippen LogP contribution is 2.36. The van der Waals surface area contributed by atoms with Gasteiger partial charge >= 0.3 is 5.97 Å². The molecule has 0 bridgehead atoms. The van der Waals surface area contributed by atoms with Crippen molar-refractivity contribution in [3.63, 3.8) is 0 Å². The van der Waals surface area contributed by atoms with Gasteiger partial charge in [0.05, 0.1) is 7.11 Å². The summed E-state index contributed by atoms with van der Waals surface area (Å²) in [7, 11) is 1.38. The molecule has 0 spiro atoms. The number of esters is 1. The van der Waals surface area contributed by atoms with Crippen molar-refractivity contribution in [3.05, 3.63) is 28.8 Å². The molecule has 0 radical (unpaired) electrons. The average Bonchev–Trinajstić information content (AvgIpc) is 3.37. The summed E-state index contributed by atoms with van der Waals surface area (Å²) >= 11 is 6.21. The number of rotatable bonds is 10. The number of nitrogens with zero attached hydrogens (tertiary/aromatic N) is 1. The Bertz CT molecular complexity index is 689. The monoisotopic (exact) mass is 395 g/mol. The van der Waals surface area contributed by atoms with Crippen LogP contribution in [0.1, 0.15) is 44.6 Å². The van der Waals surface area contributed by atoms with Crippen molar-refractivity contribution in [2.45, 2.75) is 51.2 Å².